The largest absolute Gasteiger partial charge is 0.492 e. The molecule has 2 unspecified atom stereocenters. The summed E-state index contributed by atoms with van der Waals surface area (Å²) in [5.74, 6) is 1.70. The van der Waals surface area contributed by atoms with Gasteiger partial charge in [-0.1, -0.05) is 13.0 Å². The fraction of sp³-hybridized carbons (Fsp3) is 0.667. The van der Waals surface area contributed by atoms with Crippen LogP contribution >= 0.6 is 0 Å². The standard InChI is InChI=1S/C18H30N2O/c1-5-20-11-7-8-16(13-20)15(4)19-17-10-9-14(3)12-18(17)21-6-2/h9-10,12,15-16,19H,5-8,11,13H2,1-4H3. The van der Waals surface area contributed by atoms with Gasteiger partial charge < -0.3 is 15.0 Å². The molecule has 0 amide bonds. The quantitative estimate of drug-likeness (QED) is 0.859. The smallest absolute Gasteiger partial charge is 0.142 e. The van der Waals surface area contributed by atoms with Crippen molar-refractivity contribution in [2.24, 2.45) is 5.92 Å². The molecule has 3 nitrogen and oxygen atoms in total. The molecule has 1 aliphatic rings. The molecule has 1 aromatic rings. The third-order valence-corrected chi connectivity index (χ3v) is 4.52. The lowest BCUT2D eigenvalue weighted by Gasteiger charge is -2.36. The molecular formula is C18H30N2O. The van der Waals surface area contributed by atoms with Crippen LogP contribution in [0.4, 0.5) is 5.69 Å². The van der Waals surface area contributed by atoms with Crippen LogP contribution in [0, 0.1) is 12.8 Å². The molecule has 0 aliphatic carbocycles. The Hall–Kier alpha value is -1.22. The Bertz CT molecular complexity index is 447. The highest BCUT2D eigenvalue weighted by atomic mass is 16.5. The van der Waals surface area contributed by atoms with Crippen molar-refractivity contribution in [2.45, 2.75) is 46.6 Å². The summed E-state index contributed by atoms with van der Waals surface area (Å²) >= 11 is 0. The lowest BCUT2D eigenvalue weighted by molar-refractivity contribution is 0.172. The third kappa shape index (κ3) is 4.37. The first-order valence-electron chi connectivity index (χ1n) is 8.36. The van der Waals surface area contributed by atoms with Crippen LogP contribution in [0.15, 0.2) is 18.2 Å². The van der Waals surface area contributed by atoms with Crippen LogP contribution < -0.4 is 10.1 Å². The van der Waals surface area contributed by atoms with E-state index in [-0.39, 0.29) is 0 Å². The van der Waals surface area contributed by atoms with Crippen molar-refractivity contribution in [1.29, 1.82) is 0 Å². The Balaban J connectivity index is 2.03. The molecule has 0 radical (unpaired) electrons. The van der Waals surface area contributed by atoms with Gasteiger partial charge in [-0.3, -0.25) is 0 Å². The first kappa shape index (κ1) is 16.2. The highest BCUT2D eigenvalue weighted by Gasteiger charge is 2.24. The average molecular weight is 290 g/mol. The summed E-state index contributed by atoms with van der Waals surface area (Å²) in [6.07, 6.45) is 2.64. The molecule has 2 rings (SSSR count). The van der Waals surface area contributed by atoms with Gasteiger partial charge in [0, 0.05) is 12.6 Å². The summed E-state index contributed by atoms with van der Waals surface area (Å²) in [4.78, 5) is 2.56. The summed E-state index contributed by atoms with van der Waals surface area (Å²) in [7, 11) is 0. The maximum Gasteiger partial charge on any atom is 0.142 e. The van der Waals surface area contributed by atoms with Crippen LogP contribution in [-0.2, 0) is 0 Å². The molecule has 21 heavy (non-hydrogen) atoms. The van der Waals surface area contributed by atoms with E-state index in [9.17, 15) is 0 Å². The number of hydrogen-bond donors (Lipinski definition) is 1. The third-order valence-electron chi connectivity index (χ3n) is 4.52. The second kappa shape index (κ2) is 7.69. The predicted octanol–water partition coefficient (Wildman–Crippen LogP) is 3.93. The van der Waals surface area contributed by atoms with Gasteiger partial charge in [-0.25, -0.2) is 0 Å². The lowest BCUT2D eigenvalue weighted by Crippen LogP contribution is -2.41. The number of benzene rings is 1. The maximum absolute atomic E-state index is 5.78. The van der Waals surface area contributed by atoms with Gasteiger partial charge in [0.25, 0.3) is 0 Å². The van der Waals surface area contributed by atoms with Crippen LogP contribution in [0.1, 0.15) is 39.2 Å². The zero-order valence-corrected chi connectivity index (χ0v) is 14.0. The van der Waals surface area contributed by atoms with Crippen LogP contribution in [-0.4, -0.2) is 37.2 Å². The average Bonchev–Trinajstić information content (AvgIpc) is 2.50. The SMILES string of the molecule is CCOc1cc(C)ccc1NC(C)C1CCCN(CC)C1. The molecule has 1 heterocycles. The summed E-state index contributed by atoms with van der Waals surface area (Å²) in [5.41, 5.74) is 2.37. The van der Waals surface area contributed by atoms with E-state index in [0.717, 1.165) is 23.9 Å². The van der Waals surface area contributed by atoms with Gasteiger partial charge in [0.15, 0.2) is 0 Å². The van der Waals surface area contributed by atoms with Gasteiger partial charge in [0.05, 0.1) is 12.3 Å². The van der Waals surface area contributed by atoms with Crippen molar-refractivity contribution in [3.8, 4) is 5.75 Å². The van der Waals surface area contributed by atoms with E-state index in [2.05, 4.69) is 49.2 Å². The number of anilines is 1. The van der Waals surface area contributed by atoms with E-state index in [1.165, 1.54) is 31.5 Å². The minimum atomic E-state index is 0.473. The molecule has 1 aromatic carbocycles. The van der Waals surface area contributed by atoms with Crippen LogP contribution in [0.2, 0.25) is 0 Å². The van der Waals surface area contributed by atoms with E-state index < -0.39 is 0 Å². The van der Waals surface area contributed by atoms with E-state index in [0.29, 0.717) is 12.6 Å². The molecular weight excluding hydrogens is 260 g/mol. The number of aryl methyl sites for hydroxylation is 1. The highest BCUT2D eigenvalue weighted by Crippen LogP contribution is 2.29. The number of nitrogens with zero attached hydrogens (tertiary/aromatic N) is 1. The molecule has 0 spiro atoms. The summed E-state index contributed by atoms with van der Waals surface area (Å²) in [6.45, 7) is 13.0. The molecule has 2 atom stereocenters. The monoisotopic (exact) mass is 290 g/mol. The second-order valence-corrected chi connectivity index (χ2v) is 6.16. The van der Waals surface area contributed by atoms with Crippen molar-refractivity contribution >= 4 is 5.69 Å². The Morgan fingerprint density at radius 2 is 2.19 bits per heavy atom. The molecule has 1 N–H and O–H groups in total. The number of nitrogens with one attached hydrogen (secondary N) is 1. The van der Waals surface area contributed by atoms with E-state index in [1.807, 2.05) is 6.92 Å². The van der Waals surface area contributed by atoms with Gasteiger partial charge in [-0.15, -0.1) is 0 Å². The molecule has 0 aromatic heterocycles. The van der Waals surface area contributed by atoms with Gasteiger partial charge >= 0.3 is 0 Å². The Kier molecular flexibility index (Phi) is 5.92. The first-order chi connectivity index (χ1) is 10.1. The van der Waals surface area contributed by atoms with Gasteiger partial charge in [-0.2, -0.15) is 0 Å². The summed E-state index contributed by atoms with van der Waals surface area (Å²) in [5, 5.41) is 3.69. The van der Waals surface area contributed by atoms with Gasteiger partial charge in [-0.05, 0) is 70.3 Å². The topological polar surface area (TPSA) is 24.5 Å². The van der Waals surface area contributed by atoms with Crippen molar-refractivity contribution in [3.05, 3.63) is 23.8 Å². The van der Waals surface area contributed by atoms with Crippen LogP contribution in [0.25, 0.3) is 0 Å². The molecule has 0 saturated carbocycles. The number of hydrogen-bond acceptors (Lipinski definition) is 3. The second-order valence-electron chi connectivity index (χ2n) is 6.16. The van der Waals surface area contributed by atoms with Crippen molar-refractivity contribution < 1.29 is 4.74 Å². The zero-order chi connectivity index (χ0) is 15.2. The number of likely N-dealkylation sites (tertiary alicyclic amines) is 1. The van der Waals surface area contributed by atoms with Crippen molar-refractivity contribution in [1.82, 2.24) is 4.90 Å². The van der Waals surface area contributed by atoms with E-state index in [4.69, 9.17) is 4.74 Å². The normalized spacial score (nSPS) is 21.0. The number of rotatable bonds is 6. The number of piperidine rings is 1. The number of ether oxygens (including phenoxy) is 1. The zero-order valence-electron chi connectivity index (χ0n) is 14.0. The molecule has 1 saturated heterocycles. The Labute approximate surface area is 129 Å². The van der Waals surface area contributed by atoms with Gasteiger partial charge in [0.2, 0.25) is 0 Å². The van der Waals surface area contributed by atoms with Crippen molar-refractivity contribution in [2.75, 3.05) is 31.6 Å². The predicted molar refractivity (Wildman–Crippen MR) is 90.3 cm³/mol. The summed E-state index contributed by atoms with van der Waals surface area (Å²) in [6, 6.07) is 6.90. The maximum atomic E-state index is 5.78. The van der Waals surface area contributed by atoms with Crippen molar-refractivity contribution in [3.63, 3.8) is 0 Å². The summed E-state index contributed by atoms with van der Waals surface area (Å²) < 4.78 is 5.78. The minimum Gasteiger partial charge on any atom is -0.492 e. The van der Waals surface area contributed by atoms with Crippen LogP contribution in [0.3, 0.4) is 0 Å². The fourth-order valence-electron chi connectivity index (χ4n) is 3.17. The lowest BCUT2D eigenvalue weighted by atomic mass is 9.91. The molecule has 118 valence electrons. The highest BCUT2D eigenvalue weighted by molar-refractivity contribution is 5.58. The Morgan fingerprint density at radius 3 is 2.90 bits per heavy atom. The van der Waals surface area contributed by atoms with E-state index in [1.54, 1.807) is 0 Å². The van der Waals surface area contributed by atoms with Gasteiger partial charge in [0.1, 0.15) is 5.75 Å². The fourth-order valence-corrected chi connectivity index (χ4v) is 3.17. The first-order valence-corrected chi connectivity index (χ1v) is 8.36. The Morgan fingerprint density at radius 1 is 1.38 bits per heavy atom. The van der Waals surface area contributed by atoms with E-state index >= 15 is 0 Å². The molecule has 0 bridgehead atoms. The molecule has 1 fully saturated rings. The molecule has 1 aliphatic heterocycles. The minimum absolute atomic E-state index is 0.473. The molecule has 3 heteroatoms. The van der Waals surface area contributed by atoms with Crippen LogP contribution in [0.5, 0.6) is 5.75 Å².